The summed E-state index contributed by atoms with van der Waals surface area (Å²) >= 11 is 12.3. The highest BCUT2D eigenvalue weighted by Crippen LogP contribution is 2.34. The molecule has 2 aromatic heterocycles. The molecule has 2 aromatic carbocycles. The summed E-state index contributed by atoms with van der Waals surface area (Å²) in [5.41, 5.74) is 2.22. The summed E-state index contributed by atoms with van der Waals surface area (Å²) < 4.78 is 2.92. The molecule has 2 aliphatic heterocycles. The molecule has 0 radical (unpaired) electrons. The zero-order valence-electron chi connectivity index (χ0n) is 22.0. The first-order valence-corrected chi connectivity index (χ1v) is 14.1. The van der Waals surface area contributed by atoms with Crippen LogP contribution in [0.1, 0.15) is 37.3 Å². The van der Waals surface area contributed by atoms with Crippen molar-refractivity contribution in [3.63, 3.8) is 0 Å². The van der Waals surface area contributed by atoms with Gasteiger partial charge in [-0.25, -0.2) is 9.67 Å². The molecular weight excluding hydrogens is 549 g/mol. The zero-order valence-corrected chi connectivity index (χ0v) is 23.5. The van der Waals surface area contributed by atoms with Gasteiger partial charge in [0, 0.05) is 41.2 Å². The molecular formula is C29H29Cl2N7O2. The maximum absolute atomic E-state index is 13.8. The lowest BCUT2D eigenvalue weighted by molar-refractivity contribution is -0.125. The number of carbonyl (C=O) groups excluding carboxylic acids is 1. The van der Waals surface area contributed by atoms with Crippen LogP contribution in [0.4, 0.5) is 0 Å². The molecule has 2 bridgehead atoms. The number of rotatable bonds is 7. The van der Waals surface area contributed by atoms with Gasteiger partial charge in [0.15, 0.2) is 5.15 Å². The van der Waals surface area contributed by atoms with E-state index >= 15 is 0 Å². The van der Waals surface area contributed by atoms with Gasteiger partial charge in [-0.3, -0.25) is 14.2 Å². The number of halogens is 2. The molecule has 11 heteroatoms. The van der Waals surface area contributed by atoms with Gasteiger partial charge in [-0.1, -0.05) is 58.7 Å². The van der Waals surface area contributed by atoms with Crippen molar-refractivity contribution < 1.29 is 4.79 Å². The van der Waals surface area contributed by atoms with E-state index in [-0.39, 0.29) is 22.7 Å². The number of hydrogen-bond acceptors (Lipinski definition) is 6. The van der Waals surface area contributed by atoms with E-state index in [1.165, 1.54) is 21.6 Å². The summed E-state index contributed by atoms with van der Waals surface area (Å²) in [5.74, 6) is -0.171. The smallest absolute Gasteiger partial charge is 0.254 e. The topological polar surface area (TPSA) is 97.9 Å². The van der Waals surface area contributed by atoms with Crippen LogP contribution >= 0.6 is 23.2 Å². The van der Waals surface area contributed by atoms with Gasteiger partial charge in [-0.15, -0.1) is 5.10 Å². The summed E-state index contributed by atoms with van der Waals surface area (Å²) in [7, 11) is 2.17. The Kier molecular flexibility index (Phi) is 7.44. The predicted octanol–water partition coefficient (Wildman–Crippen LogP) is 4.32. The SMILES string of the molecule is CN1[C@@H]2CC[C@H]1CC(NC(=O)C(Cc1ccccc1)n1cnc(-c3cc(Cl)ccc3-n3cc(Cl)nn3)cc1=O)C2. The number of nitrogens with zero attached hydrogens (tertiary/aromatic N) is 6. The van der Waals surface area contributed by atoms with Gasteiger partial charge in [0.25, 0.3) is 5.56 Å². The number of aromatic nitrogens is 5. The van der Waals surface area contributed by atoms with E-state index in [1.807, 2.05) is 30.3 Å². The van der Waals surface area contributed by atoms with Crippen molar-refractivity contribution in [2.75, 3.05) is 7.05 Å². The van der Waals surface area contributed by atoms with Gasteiger partial charge in [0.2, 0.25) is 5.91 Å². The standard InChI is InChI=1S/C29H29Cl2N7O2/c1-36-21-8-9-22(36)14-20(13-21)33-29(40)26(11-18-5-3-2-4-6-18)37-17-32-24(15-28(37)39)23-12-19(30)7-10-25(23)38-16-27(31)34-35-38/h2-7,10,12,15-17,20-22,26H,8-9,11,13-14H2,1H3,(H,33,40)/t20?,21-,22+,26?. The Labute approximate surface area is 241 Å². The lowest BCUT2D eigenvalue weighted by atomic mass is 9.97. The number of amides is 1. The van der Waals surface area contributed by atoms with Crippen molar-refractivity contribution in [1.82, 2.24) is 34.8 Å². The third-order valence-corrected chi connectivity index (χ3v) is 8.55. The normalized spacial score (nSPS) is 21.3. The Morgan fingerprint density at radius 2 is 1.82 bits per heavy atom. The second-order valence-electron chi connectivity index (χ2n) is 10.6. The molecule has 9 nitrogen and oxygen atoms in total. The monoisotopic (exact) mass is 577 g/mol. The van der Waals surface area contributed by atoms with Crippen LogP contribution in [0.15, 0.2) is 71.9 Å². The maximum Gasteiger partial charge on any atom is 0.254 e. The van der Waals surface area contributed by atoms with E-state index in [2.05, 4.69) is 32.6 Å². The van der Waals surface area contributed by atoms with Crippen molar-refractivity contribution in [1.29, 1.82) is 0 Å². The van der Waals surface area contributed by atoms with Gasteiger partial charge < -0.3 is 10.2 Å². The fourth-order valence-corrected chi connectivity index (χ4v) is 6.35. The average Bonchev–Trinajstić information content (AvgIpc) is 3.45. The molecule has 2 saturated heterocycles. The van der Waals surface area contributed by atoms with Crippen LogP contribution in [-0.4, -0.2) is 60.5 Å². The molecule has 2 aliphatic rings. The predicted molar refractivity (Wildman–Crippen MR) is 154 cm³/mol. The Morgan fingerprint density at radius 3 is 2.50 bits per heavy atom. The van der Waals surface area contributed by atoms with Crippen molar-refractivity contribution in [2.24, 2.45) is 0 Å². The lowest BCUT2D eigenvalue weighted by Crippen LogP contribution is -2.50. The molecule has 6 rings (SSSR count). The fraction of sp³-hybridized carbons (Fsp3) is 0.345. The summed E-state index contributed by atoms with van der Waals surface area (Å²) in [6.45, 7) is 0. The Balaban J connectivity index is 1.32. The molecule has 0 aliphatic carbocycles. The first kappa shape index (κ1) is 26.7. The minimum atomic E-state index is -0.748. The van der Waals surface area contributed by atoms with Crippen LogP contribution < -0.4 is 10.9 Å². The third kappa shape index (κ3) is 5.41. The molecule has 2 unspecified atom stereocenters. The van der Waals surface area contributed by atoms with Gasteiger partial charge in [-0.05, 0) is 56.5 Å². The Morgan fingerprint density at radius 1 is 1.07 bits per heavy atom. The molecule has 0 spiro atoms. The van der Waals surface area contributed by atoms with Crippen LogP contribution in [-0.2, 0) is 11.2 Å². The highest BCUT2D eigenvalue weighted by molar-refractivity contribution is 6.31. The molecule has 1 amide bonds. The number of benzene rings is 2. The van der Waals surface area contributed by atoms with Gasteiger partial charge >= 0.3 is 0 Å². The van der Waals surface area contributed by atoms with E-state index in [9.17, 15) is 9.59 Å². The van der Waals surface area contributed by atoms with Gasteiger partial charge in [0.05, 0.1) is 23.9 Å². The molecule has 1 N–H and O–H groups in total. The number of hydrogen-bond donors (Lipinski definition) is 1. The van der Waals surface area contributed by atoms with Crippen molar-refractivity contribution >= 4 is 29.1 Å². The van der Waals surface area contributed by atoms with E-state index in [4.69, 9.17) is 23.2 Å². The second-order valence-corrected chi connectivity index (χ2v) is 11.4. The number of fused-ring (bicyclic) bond motifs is 2. The zero-order chi connectivity index (χ0) is 27.8. The highest BCUT2D eigenvalue weighted by atomic mass is 35.5. The maximum atomic E-state index is 13.8. The largest absolute Gasteiger partial charge is 0.351 e. The highest BCUT2D eigenvalue weighted by Gasteiger charge is 2.39. The van der Waals surface area contributed by atoms with E-state index in [0.29, 0.717) is 40.5 Å². The summed E-state index contributed by atoms with van der Waals surface area (Å²) in [4.78, 5) is 34.4. The number of nitrogens with one attached hydrogen (secondary N) is 1. The molecule has 40 heavy (non-hydrogen) atoms. The van der Waals surface area contributed by atoms with Crippen LogP contribution in [0.2, 0.25) is 10.2 Å². The number of piperidine rings is 1. The quantitative estimate of drug-likeness (QED) is 0.351. The van der Waals surface area contributed by atoms with Crippen molar-refractivity contribution in [3.8, 4) is 16.9 Å². The van der Waals surface area contributed by atoms with Crippen molar-refractivity contribution in [3.05, 3.63) is 93.2 Å². The molecule has 2 fully saturated rings. The lowest BCUT2D eigenvalue weighted by Gasteiger charge is -2.37. The Hall–Kier alpha value is -3.53. The Bertz CT molecular complexity index is 1570. The second kappa shape index (κ2) is 11.2. The van der Waals surface area contributed by atoms with Crippen molar-refractivity contribution in [2.45, 2.75) is 56.3 Å². The molecule has 206 valence electrons. The van der Waals surface area contributed by atoms with Crippen LogP contribution in [0, 0.1) is 0 Å². The molecule has 4 aromatic rings. The first-order valence-electron chi connectivity index (χ1n) is 13.4. The molecule has 0 saturated carbocycles. The number of carbonyl (C=O) groups is 1. The average molecular weight is 579 g/mol. The molecule has 4 atom stereocenters. The van der Waals surface area contributed by atoms with Crippen LogP contribution in [0.25, 0.3) is 16.9 Å². The summed E-state index contributed by atoms with van der Waals surface area (Å²) in [5, 5.41) is 11.9. The van der Waals surface area contributed by atoms with Gasteiger partial charge in [0.1, 0.15) is 6.04 Å². The van der Waals surface area contributed by atoms with Gasteiger partial charge in [-0.2, -0.15) is 0 Å². The summed E-state index contributed by atoms with van der Waals surface area (Å²) in [6, 6.07) is 16.7. The van der Waals surface area contributed by atoms with E-state index in [0.717, 1.165) is 31.2 Å². The fourth-order valence-electron chi connectivity index (χ4n) is 6.05. The first-order chi connectivity index (χ1) is 19.4. The van der Waals surface area contributed by atoms with Crippen LogP contribution in [0.5, 0.6) is 0 Å². The third-order valence-electron chi connectivity index (χ3n) is 8.14. The summed E-state index contributed by atoms with van der Waals surface area (Å²) in [6.07, 6.45) is 7.55. The minimum absolute atomic E-state index is 0.0888. The van der Waals surface area contributed by atoms with E-state index < -0.39 is 6.04 Å². The van der Waals surface area contributed by atoms with Crippen LogP contribution in [0.3, 0.4) is 0 Å². The van der Waals surface area contributed by atoms with E-state index in [1.54, 1.807) is 24.4 Å². The molecule has 4 heterocycles. The minimum Gasteiger partial charge on any atom is -0.351 e.